The van der Waals surface area contributed by atoms with Crippen LogP contribution in [0.2, 0.25) is 5.02 Å². The van der Waals surface area contributed by atoms with E-state index >= 15 is 0 Å². The van der Waals surface area contributed by atoms with Crippen LogP contribution in [0, 0.1) is 0 Å². The van der Waals surface area contributed by atoms with Gasteiger partial charge in [-0.25, -0.2) is 4.98 Å². The molecule has 0 aliphatic carbocycles. The van der Waals surface area contributed by atoms with E-state index in [2.05, 4.69) is 4.98 Å². The number of halogens is 1. The second kappa shape index (κ2) is 6.83. The Kier molecular flexibility index (Phi) is 4.62. The van der Waals surface area contributed by atoms with Crippen molar-refractivity contribution >= 4 is 23.5 Å². The van der Waals surface area contributed by atoms with E-state index in [0.717, 1.165) is 12.0 Å². The summed E-state index contributed by atoms with van der Waals surface area (Å²) in [5.74, 6) is 0.396. The summed E-state index contributed by atoms with van der Waals surface area (Å²) < 4.78 is 10.6. The lowest BCUT2D eigenvalue weighted by Crippen LogP contribution is -2.31. The van der Waals surface area contributed by atoms with Crippen molar-refractivity contribution in [2.24, 2.45) is 0 Å². The Labute approximate surface area is 138 Å². The molecule has 0 spiro atoms. The molecule has 7 heteroatoms. The Bertz CT molecular complexity index is 711. The first-order chi connectivity index (χ1) is 11.1. The highest BCUT2D eigenvalue weighted by atomic mass is 35.5. The molecule has 23 heavy (non-hydrogen) atoms. The molecule has 1 aliphatic heterocycles. The molecule has 120 valence electrons. The predicted molar refractivity (Wildman–Crippen MR) is 82.6 cm³/mol. The lowest BCUT2D eigenvalue weighted by molar-refractivity contribution is -0.149. The molecule has 0 saturated carbocycles. The number of oxazole rings is 1. The molecule has 2 aromatic rings. The maximum atomic E-state index is 11.7. The third kappa shape index (κ3) is 3.90. The van der Waals surface area contributed by atoms with Crippen molar-refractivity contribution in [3.05, 3.63) is 41.4 Å². The molecular formula is C16H15ClN2O4. The highest BCUT2D eigenvalue weighted by Gasteiger charge is 2.23. The van der Waals surface area contributed by atoms with Gasteiger partial charge >= 0.3 is 5.97 Å². The van der Waals surface area contributed by atoms with Crippen LogP contribution in [-0.4, -0.2) is 34.8 Å². The number of hydrogen-bond donors (Lipinski definition) is 0. The van der Waals surface area contributed by atoms with Crippen molar-refractivity contribution in [2.75, 3.05) is 13.1 Å². The summed E-state index contributed by atoms with van der Waals surface area (Å²) in [6.07, 6.45) is 2.85. The highest BCUT2D eigenvalue weighted by Crippen LogP contribution is 2.22. The van der Waals surface area contributed by atoms with Crippen LogP contribution in [0.25, 0.3) is 11.3 Å². The van der Waals surface area contributed by atoms with Crippen molar-refractivity contribution in [3.63, 3.8) is 0 Å². The minimum Gasteiger partial charge on any atom is -0.454 e. The smallest absolute Gasteiger partial charge is 0.326 e. The van der Waals surface area contributed by atoms with Crippen LogP contribution in [0.1, 0.15) is 18.7 Å². The molecule has 0 bridgehead atoms. The third-order valence-corrected chi connectivity index (χ3v) is 3.78. The molecule has 0 unspecified atom stereocenters. The van der Waals surface area contributed by atoms with Crippen LogP contribution in [0.4, 0.5) is 0 Å². The highest BCUT2D eigenvalue weighted by molar-refractivity contribution is 6.30. The number of nitrogens with zero attached hydrogens (tertiary/aromatic N) is 2. The van der Waals surface area contributed by atoms with Crippen LogP contribution in [0.5, 0.6) is 0 Å². The maximum Gasteiger partial charge on any atom is 0.326 e. The summed E-state index contributed by atoms with van der Waals surface area (Å²) in [5, 5.41) is 0.638. The maximum absolute atomic E-state index is 11.7. The second-order valence-electron chi connectivity index (χ2n) is 5.20. The zero-order valence-corrected chi connectivity index (χ0v) is 13.1. The minimum absolute atomic E-state index is 0.0110. The van der Waals surface area contributed by atoms with Gasteiger partial charge in [0.15, 0.2) is 12.4 Å². The van der Waals surface area contributed by atoms with E-state index in [4.69, 9.17) is 20.8 Å². The Morgan fingerprint density at radius 1 is 1.35 bits per heavy atom. The van der Waals surface area contributed by atoms with Crippen molar-refractivity contribution in [1.82, 2.24) is 9.88 Å². The Hall–Kier alpha value is -2.34. The number of carbonyl (C=O) groups excluding carboxylic acids is 2. The van der Waals surface area contributed by atoms with E-state index < -0.39 is 5.97 Å². The molecule has 0 N–H and O–H groups in total. The topological polar surface area (TPSA) is 72.6 Å². The summed E-state index contributed by atoms with van der Waals surface area (Å²) in [5.41, 5.74) is 0.835. The number of hydrogen-bond acceptors (Lipinski definition) is 5. The Morgan fingerprint density at radius 3 is 2.83 bits per heavy atom. The molecule has 1 aromatic heterocycles. The van der Waals surface area contributed by atoms with E-state index in [1.165, 1.54) is 4.90 Å². The number of benzene rings is 1. The summed E-state index contributed by atoms with van der Waals surface area (Å²) in [6, 6.07) is 7.15. The van der Waals surface area contributed by atoms with Gasteiger partial charge in [0.25, 0.3) is 0 Å². The number of carbonyl (C=O) groups is 2. The molecule has 0 radical (unpaired) electrons. The molecular weight excluding hydrogens is 320 g/mol. The van der Waals surface area contributed by atoms with Gasteiger partial charge in [0.1, 0.15) is 6.54 Å². The van der Waals surface area contributed by atoms with Crippen molar-refractivity contribution in [3.8, 4) is 11.3 Å². The van der Waals surface area contributed by atoms with E-state index in [-0.39, 0.29) is 19.1 Å². The molecule has 1 aliphatic rings. The van der Waals surface area contributed by atoms with Crippen LogP contribution in [0.15, 0.2) is 34.9 Å². The fourth-order valence-corrected chi connectivity index (χ4v) is 2.47. The van der Waals surface area contributed by atoms with E-state index in [1.54, 1.807) is 18.3 Å². The molecule has 1 amide bonds. The molecule has 1 fully saturated rings. The lowest BCUT2D eigenvalue weighted by atomic mass is 10.2. The van der Waals surface area contributed by atoms with Gasteiger partial charge in [-0.3, -0.25) is 9.59 Å². The van der Waals surface area contributed by atoms with Crippen LogP contribution in [0.3, 0.4) is 0 Å². The normalized spacial score (nSPS) is 14.3. The number of aromatic nitrogens is 1. The van der Waals surface area contributed by atoms with Gasteiger partial charge in [-0.1, -0.05) is 11.6 Å². The molecule has 2 heterocycles. The number of ether oxygens (including phenoxy) is 1. The number of likely N-dealkylation sites (tertiary alicyclic amines) is 1. The van der Waals surface area contributed by atoms with Gasteiger partial charge in [0.05, 0.1) is 6.20 Å². The average molecular weight is 335 g/mol. The predicted octanol–water partition coefficient (Wildman–Crippen LogP) is 2.66. The first-order valence-electron chi connectivity index (χ1n) is 7.26. The van der Waals surface area contributed by atoms with Crippen LogP contribution >= 0.6 is 11.6 Å². The van der Waals surface area contributed by atoms with E-state index in [1.807, 2.05) is 12.1 Å². The van der Waals surface area contributed by atoms with Gasteiger partial charge in [-0.15, -0.1) is 0 Å². The summed E-state index contributed by atoms with van der Waals surface area (Å²) >= 11 is 5.84. The monoisotopic (exact) mass is 334 g/mol. The van der Waals surface area contributed by atoms with Crippen LogP contribution < -0.4 is 0 Å². The average Bonchev–Trinajstić information content (AvgIpc) is 3.16. The standard InChI is InChI=1S/C16H15ClN2O4/c17-12-5-3-11(4-6-12)13-8-18-14(23-13)10-22-16(21)9-19-7-1-2-15(19)20/h3-6,8H,1-2,7,9-10H2. The number of esters is 1. The quantitative estimate of drug-likeness (QED) is 0.786. The van der Waals surface area contributed by atoms with Gasteiger partial charge in [-0.05, 0) is 30.7 Å². The van der Waals surface area contributed by atoms with Gasteiger partial charge < -0.3 is 14.1 Å². The zero-order valence-electron chi connectivity index (χ0n) is 12.3. The van der Waals surface area contributed by atoms with E-state index in [0.29, 0.717) is 29.6 Å². The van der Waals surface area contributed by atoms with Crippen molar-refractivity contribution < 1.29 is 18.7 Å². The fraction of sp³-hybridized carbons (Fsp3) is 0.312. The lowest BCUT2D eigenvalue weighted by Gasteiger charge is -2.13. The van der Waals surface area contributed by atoms with Crippen LogP contribution in [-0.2, 0) is 20.9 Å². The van der Waals surface area contributed by atoms with Crippen molar-refractivity contribution in [2.45, 2.75) is 19.4 Å². The van der Waals surface area contributed by atoms with Crippen molar-refractivity contribution in [1.29, 1.82) is 0 Å². The molecule has 6 nitrogen and oxygen atoms in total. The SMILES string of the molecule is O=C(CN1CCCC1=O)OCc1ncc(-c2ccc(Cl)cc2)o1. The Morgan fingerprint density at radius 2 is 2.13 bits per heavy atom. The largest absolute Gasteiger partial charge is 0.454 e. The van der Waals surface area contributed by atoms with Gasteiger partial charge in [0, 0.05) is 23.6 Å². The molecule has 1 aromatic carbocycles. The minimum atomic E-state index is -0.466. The Balaban J connectivity index is 1.53. The molecule has 3 rings (SSSR count). The third-order valence-electron chi connectivity index (χ3n) is 3.53. The second-order valence-corrected chi connectivity index (χ2v) is 5.64. The van der Waals surface area contributed by atoms with Gasteiger partial charge in [-0.2, -0.15) is 0 Å². The van der Waals surface area contributed by atoms with Gasteiger partial charge in [0.2, 0.25) is 11.8 Å². The number of amides is 1. The summed E-state index contributed by atoms with van der Waals surface area (Å²) in [6.45, 7) is 0.520. The first-order valence-corrected chi connectivity index (χ1v) is 7.63. The fourth-order valence-electron chi connectivity index (χ4n) is 2.34. The van der Waals surface area contributed by atoms with E-state index in [9.17, 15) is 9.59 Å². The summed E-state index contributed by atoms with van der Waals surface area (Å²) in [4.78, 5) is 28.8. The zero-order chi connectivity index (χ0) is 16.2. The first kappa shape index (κ1) is 15.6. The molecule has 1 saturated heterocycles. The summed E-state index contributed by atoms with van der Waals surface area (Å²) in [7, 11) is 0. The molecule has 0 atom stereocenters. The number of rotatable bonds is 5.